The van der Waals surface area contributed by atoms with Gasteiger partial charge in [0.1, 0.15) is 0 Å². The van der Waals surface area contributed by atoms with Crippen molar-refractivity contribution in [3.63, 3.8) is 0 Å². The van der Waals surface area contributed by atoms with Crippen molar-refractivity contribution in [1.82, 2.24) is 15.3 Å². The van der Waals surface area contributed by atoms with E-state index in [9.17, 15) is 4.79 Å². The number of nitrogens with zero attached hydrogens (tertiary/aromatic N) is 1. The van der Waals surface area contributed by atoms with Gasteiger partial charge in [-0.3, -0.25) is 4.79 Å². The highest BCUT2D eigenvalue weighted by Crippen LogP contribution is 2.28. The Labute approximate surface area is 182 Å². The molecule has 1 amide bonds. The van der Waals surface area contributed by atoms with Crippen LogP contribution in [-0.2, 0) is 11.3 Å². The van der Waals surface area contributed by atoms with Crippen molar-refractivity contribution >= 4 is 33.6 Å². The third-order valence-electron chi connectivity index (χ3n) is 4.28. The Kier molecular flexibility index (Phi) is 7.22. The summed E-state index contributed by atoms with van der Waals surface area (Å²) >= 11 is 4.82. The fraction of sp³-hybridized carbons (Fsp3) is 0.238. The molecule has 8 heteroatoms. The number of ether oxygens (including phenoxy) is 2. The molecule has 0 aliphatic rings. The monoisotopic (exact) mass is 475 g/mol. The molecule has 6 nitrogen and oxygen atoms in total. The predicted molar refractivity (Wildman–Crippen MR) is 118 cm³/mol. The molecule has 0 bridgehead atoms. The van der Waals surface area contributed by atoms with Gasteiger partial charge in [0, 0.05) is 11.0 Å². The SMILES string of the molecule is COc1ccc(CNC(=O)C(C)Sc2ncc(-c3ccc(Br)cc3)[nH]2)cc1OC. The molecule has 0 saturated heterocycles. The fourth-order valence-electron chi connectivity index (χ4n) is 2.68. The number of benzene rings is 2. The third kappa shape index (κ3) is 5.55. The molecule has 2 N–H and O–H groups in total. The number of aromatic amines is 1. The van der Waals surface area contributed by atoms with E-state index >= 15 is 0 Å². The second kappa shape index (κ2) is 9.84. The number of amides is 1. The highest BCUT2D eigenvalue weighted by Gasteiger charge is 2.16. The molecule has 0 aliphatic heterocycles. The van der Waals surface area contributed by atoms with E-state index in [1.807, 2.05) is 49.4 Å². The molecule has 0 saturated carbocycles. The van der Waals surface area contributed by atoms with Crippen molar-refractivity contribution < 1.29 is 14.3 Å². The third-order valence-corrected chi connectivity index (χ3v) is 5.81. The van der Waals surface area contributed by atoms with Crippen molar-refractivity contribution in [2.24, 2.45) is 0 Å². The van der Waals surface area contributed by atoms with Gasteiger partial charge in [0.15, 0.2) is 16.7 Å². The maximum absolute atomic E-state index is 12.5. The Bertz CT molecular complexity index is 976. The number of carbonyl (C=O) groups excluding carboxylic acids is 1. The normalized spacial score (nSPS) is 11.7. The number of methoxy groups -OCH3 is 2. The molecule has 0 fully saturated rings. The molecule has 3 aromatic rings. The largest absolute Gasteiger partial charge is 0.493 e. The summed E-state index contributed by atoms with van der Waals surface area (Å²) in [5.74, 6) is 1.23. The van der Waals surface area contributed by atoms with Crippen LogP contribution in [0.5, 0.6) is 11.5 Å². The van der Waals surface area contributed by atoms with Gasteiger partial charge in [-0.1, -0.05) is 45.9 Å². The number of rotatable bonds is 8. The zero-order chi connectivity index (χ0) is 20.8. The minimum atomic E-state index is -0.293. The van der Waals surface area contributed by atoms with Crippen LogP contribution in [0.15, 0.2) is 58.3 Å². The van der Waals surface area contributed by atoms with E-state index < -0.39 is 0 Å². The lowest BCUT2D eigenvalue weighted by molar-refractivity contribution is -0.120. The van der Waals surface area contributed by atoms with Crippen LogP contribution < -0.4 is 14.8 Å². The number of nitrogens with one attached hydrogen (secondary N) is 2. The summed E-state index contributed by atoms with van der Waals surface area (Å²) in [4.78, 5) is 20.1. The van der Waals surface area contributed by atoms with E-state index in [0.717, 1.165) is 21.3 Å². The van der Waals surface area contributed by atoms with Crippen LogP contribution in [0.3, 0.4) is 0 Å². The Hall–Kier alpha value is -2.45. The maximum atomic E-state index is 12.5. The molecule has 0 aliphatic carbocycles. The van der Waals surface area contributed by atoms with E-state index in [4.69, 9.17) is 9.47 Å². The van der Waals surface area contributed by atoms with Gasteiger partial charge < -0.3 is 19.8 Å². The van der Waals surface area contributed by atoms with E-state index in [-0.39, 0.29) is 11.2 Å². The Balaban J connectivity index is 1.56. The van der Waals surface area contributed by atoms with Crippen molar-refractivity contribution in [2.75, 3.05) is 14.2 Å². The molecule has 0 radical (unpaired) electrons. The van der Waals surface area contributed by atoms with Gasteiger partial charge in [-0.25, -0.2) is 4.98 Å². The Morgan fingerprint density at radius 3 is 2.59 bits per heavy atom. The number of H-pyrrole nitrogens is 1. The first kappa shape index (κ1) is 21.3. The fourth-order valence-corrected chi connectivity index (χ4v) is 3.76. The number of imidazole rings is 1. The first-order valence-corrected chi connectivity index (χ1v) is 10.6. The van der Waals surface area contributed by atoms with Crippen LogP contribution in [0, 0.1) is 0 Å². The number of thioether (sulfide) groups is 1. The molecule has 152 valence electrons. The first-order valence-electron chi connectivity index (χ1n) is 8.96. The molecule has 0 spiro atoms. The van der Waals surface area contributed by atoms with E-state index in [1.54, 1.807) is 20.4 Å². The van der Waals surface area contributed by atoms with Gasteiger partial charge in [-0.15, -0.1) is 0 Å². The predicted octanol–water partition coefficient (Wildman–Crippen LogP) is 4.65. The molecule has 1 heterocycles. The maximum Gasteiger partial charge on any atom is 0.233 e. The summed E-state index contributed by atoms with van der Waals surface area (Å²) in [7, 11) is 3.18. The summed E-state index contributed by atoms with van der Waals surface area (Å²) in [6.45, 7) is 2.27. The summed E-state index contributed by atoms with van der Waals surface area (Å²) in [6.07, 6.45) is 1.78. The average Bonchev–Trinajstić information content (AvgIpc) is 3.20. The molecule has 29 heavy (non-hydrogen) atoms. The summed E-state index contributed by atoms with van der Waals surface area (Å²) < 4.78 is 11.6. The number of hydrogen-bond acceptors (Lipinski definition) is 5. The lowest BCUT2D eigenvalue weighted by Crippen LogP contribution is -2.30. The number of halogens is 1. The van der Waals surface area contributed by atoms with Crippen molar-refractivity contribution in [1.29, 1.82) is 0 Å². The molecule has 1 aromatic heterocycles. The van der Waals surface area contributed by atoms with Crippen molar-refractivity contribution in [3.05, 3.63) is 58.7 Å². The molecular formula is C21H22BrN3O3S. The molecule has 2 aromatic carbocycles. The van der Waals surface area contributed by atoms with E-state index in [1.165, 1.54) is 11.8 Å². The lowest BCUT2D eigenvalue weighted by Gasteiger charge is -2.12. The topological polar surface area (TPSA) is 76.2 Å². The van der Waals surface area contributed by atoms with Gasteiger partial charge >= 0.3 is 0 Å². The highest BCUT2D eigenvalue weighted by atomic mass is 79.9. The van der Waals surface area contributed by atoms with Crippen LogP contribution in [-0.4, -0.2) is 35.3 Å². The van der Waals surface area contributed by atoms with E-state index in [2.05, 4.69) is 31.2 Å². The standard InChI is InChI=1S/C21H22BrN3O3S/c1-13(20(26)23-11-14-4-9-18(27-2)19(10-14)28-3)29-21-24-12-17(25-21)15-5-7-16(22)8-6-15/h4-10,12-13H,11H2,1-3H3,(H,23,26)(H,24,25). The Morgan fingerprint density at radius 2 is 1.90 bits per heavy atom. The quantitative estimate of drug-likeness (QED) is 0.463. The zero-order valence-electron chi connectivity index (χ0n) is 16.4. The van der Waals surface area contributed by atoms with Gasteiger partial charge in [-0.2, -0.15) is 0 Å². The summed E-state index contributed by atoms with van der Waals surface area (Å²) in [5.41, 5.74) is 2.89. The van der Waals surface area contributed by atoms with Crippen LogP contribution in [0.1, 0.15) is 12.5 Å². The van der Waals surface area contributed by atoms with Crippen LogP contribution in [0.25, 0.3) is 11.3 Å². The molecule has 1 unspecified atom stereocenters. The molecular weight excluding hydrogens is 454 g/mol. The Morgan fingerprint density at radius 1 is 1.17 bits per heavy atom. The molecule has 3 rings (SSSR count). The summed E-state index contributed by atoms with van der Waals surface area (Å²) in [5, 5.41) is 3.36. The van der Waals surface area contributed by atoms with Gasteiger partial charge in [0.2, 0.25) is 5.91 Å². The van der Waals surface area contributed by atoms with Gasteiger partial charge in [0.05, 0.1) is 31.4 Å². The number of aromatic nitrogens is 2. The van der Waals surface area contributed by atoms with Gasteiger partial charge in [-0.05, 0) is 42.3 Å². The smallest absolute Gasteiger partial charge is 0.233 e. The average molecular weight is 476 g/mol. The van der Waals surface area contributed by atoms with E-state index in [0.29, 0.717) is 23.2 Å². The number of hydrogen-bond donors (Lipinski definition) is 2. The van der Waals surface area contributed by atoms with Gasteiger partial charge in [0.25, 0.3) is 0 Å². The minimum absolute atomic E-state index is 0.0635. The second-order valence-corrected chi connectivity index (χ2v) is 8.52. The summed E-state index contributed by atoms with van der Waals surface area (Å²) in [6, 6.07) is 13.5. The number of carbonyl (C=O) groups is 1. The first-order chi connectivity index (χ1) is 14.0. The minimum Gasteiger partial charge on any atom is -0.493 e. The second-order valence-electron chi connectivity index (χ2n) is 6.28. The van der Waals surface area contributed by atoms with Crippen molar-refractivity contribution in [3.8, 4) is 22.8 Å². The van der Waals surface area contributed by atoms with Crippen LogP contribution >= 0.6 is 27.7 Å². The van der Waals surface area contributed by atoms with Crippen LogP contribution in [0.4, 0.5) is 0 Å². The van der Waals surface area contributed by atoms with Crippen LogP contribution in [0.2, 0.25) is 0 Å². The highest BCUT2D eigenvalue weighted by molar-refractivity contribution is 9.10. The zero-order valence-corrected chi connectivity index (χ0v) is 18.8. The van der Waals surface area contributed by atoms with Crippen molar-refractivity contribution in [2.45, 2.75) is 23.9 Å². The molecule has 1 atom stereocenters. The lowest BCUT2D eigenvalue weighted by atomic mass is 10.2.